The Kier molecular flexibility index (Phi) is 10.3. The molecule has 0 saturated carbocycles. The number of aliphatic hydroxyl groups excluding tert-OH is 1. The van der Waals surface area contributed by atoms with Crippen LogP contribution in [-0.2, 0) is 14.3 Å². The lowest BCUT2D eigenvalue weighted by Crippen LogP contribution is -2.27. The van der Waals surface area contributed by atoms with Crippen LogP contribution < -0.4 is 5.73 Å². The van der Waals surface area contributed by atoms with E-state index in [2.05, 4.69) is 4.74 Å². The molecule has 0 aliphatic heterocycles. The van der Waals surface area contributed by atoms with Gasteiger partial charge in [0.1, 0.15) is 5.60 Å². The molecule has 0 spiro atoms. The third-order valence-electron chi connectivity index (χ3n) is 1.31. The van der Waals surface area contributed by atoms with E-state index >= 15 is 0 Å². The van der Waals surface area contributed by atoms with Gasteiger partial charge in [0, 0.05) is 13.0 Å². The summed E-state index contributed by atoms with van der Waals surface area (Å²) in [7, 11) is 0. The van der Waals surface area contributed by atoms with E-state index in [-0.39, 0.29) is 18.7 Å². The predicted octanol–water partition coefficient (Wildman–Crippen LogP) is 1.59. The molecule has 0 fully saturated rings. The molecule has 0 heterocycles. The lowest BCUT2D eigenvalue weighted by atomic mass is 10.2. The van der Waals surface area contributed by atoms with Gasteiger partial charge >= 0.3 is 12.1 Å². The molecule has 0 atom stereocenters. The quantitative estimate of drug-likeness (QED) is 0.750. The fourth-order valence-electron chi connectivity index (χ4n) is 0.847. The van der Waals surface area contributed by atoms with Crippen molar-refractivity contribution in [3.63, 3.8) is 0 Å². The van der Waals surface area contributed by atoms with E-state index in [4.69, 9.17) is 15.6 Å². The molecular formula is C12H25NO5. The van der Waals surface area contributed by atoms with Gasteiger partial charge in [-0.1, -0.05) is 0 Å². The van der Waals surface area contributed by atoms with Crippen molar-refractivity contribution >= 4 is 12.1 Å². The van der Waals surface area contributed by atoms with Crippen molar-refractivity contribution < 1.29 is 24.2 Å². The first-order chi connectivity index (χ1) is 8.08. The van der Waals surface area contributed by atoms with Crippen LogP contribution in [-0.4, -0.2) is 35.5 Å². The maximum absolute atomic E-state index is 10.7. The van der Waals surface area contributed by atoms with E-state index < -0.39 is 11.7 Å². The van der Waals surface area contributed by atoms with Crippen molar-refractivity contribution in [2.45, 2.75) is 59.2 Å². The molecule has 0 rings (SSSR count). The summed E-state index contributed by atoms with van der Waals surface area (Å²) in [4.78, 5) is 20.7. The Morgan fingerprint density at radius 3 is 2.00 bits per heavy atom. The van der Waals surface area contributed by atoms with Gasteiger partial charge < -0.3 is 20.3 Å². The van der Waals surface area contributed by atoms with Crippen molar-refractivity contribution in [2.75, 3.05) is 6.61 Å². The number of primary amides is 1. The molecular weight excluding hydrogens is 238 g/mol. The minimum Gasteiger partial charge on any atom is -0.463 e. The second-order valence-electron chi connectivity index (χ2n) is 4.90. The Balaban J connectivity index is 0. The summed E-state index contributed by atoms with van der Waals surface area (Å²) in [6.45, 7) is 8.94. The van der Waals surface area contributed by atoms with E-state index in [1.807, 2.05) is 0 Å². The van der Waals surface area contributed by atoms with E-state index in [9.17, 15) is 9.59 Å². The lowest BCUT2D eigenvalue weighted by Gasteiger charge is -2.16. The number of carbonyl (C=O) groups excluding carboxylic acids is 2. The molecule has 0 unspecified atom stereocenters. The Labute approximate surface area is 108 Å². The SMILES string of the molecule is CC(C)(C)OC(N)=O.CC(C)OC(=O)CCCO. The van der Waals surface area contributed by atoms with Gasteiger partial charge in [-0.2, -0.15) is 0 Å². The van der Waals surface area contributed by atoms with Crippen LogP contribution >= 0.6 is 0 Å². The molecule has 3 N–H and O–H groups in total. The molecule has 18 heavy (non-hydrogen) atoms. The molecule has 6 nitrogen and oxygen atoms in total. The smallest absolute Gasteiger partial charge is 0.405 e. The first-order valence-corrected chi connectivity index (χ1v) is 5.87. The van der Waals surface area contributed by atoms with Crippen molar-refractivity contribution in [2.24, 2.45) is 5.73 Å². The number of ether oxygens (including phenoxy) is 2. The van der Waals surface area contributed by atoms with Crippen LogP contribution in [0.25, 0.3) is 0 Å². The number of carbonyl (C=O) groups is 2. The predicted molar refractivity (Wildman–Crippen MR) is 68.0 cm³/mol. The molecule has 1 amide bonds. The highest BCUT2D eigenvalue weighted by atomic mass is 16.6. The Bertz CT molecular complexity index is 245. The Hall–Kier alpha value is -1.30. The highest BCUT2D eigenvalue weighted by Gasteiger charge is 2.12. The van der Waals surface area contributed by atoms with Gasteiger partial charge in [-0.3, -0.25) is 4.79 Å². The zero-order valence-electron chi connectivity index (χ0n) is 11.9. The van der Waals surface area contributed by atoms with Gasteiger partial charge in [-0.15, -0.1) is 0 Å². The van der Waals surface area contributed by atoms with Crippen LogP contribution in [0.15, 0.2) is 0 Å². The van der Waals surface area contributed by atoms with Gasteiger partial charge in [0.2, 0.25) is 0 Å². The first kappa shape index (κ1) is 19.0. The largest absolute Gasteiger partial charge is 0.463 e. The minimum atomic E-state index is -0.725. The monoisotopic (exact) mass is 263 g/mol. The summed E-state index contributed by atoms with van der Waals surface area (Å²) < 4.78 is 9.38. The summed E-state index contributed by atoms with van der Waals surface area (Å²) in [5.74, 6) is -0.232. The third kappa shape index (κ3) is 20.2. The second kappa shape index (κ2) is 9.70. The van der Waals surface area contributed by atoms with Crippen LogP contribution in [0.3, 0.4) is 0 Å². The van der Waals surface area contributed by atoms with E-state index in [1.165, 1.54) is 0 Å². The molecule has 6 heteroatoms. The normalized spacial score (nSPS) is 10.4. The molecule has 0 aromatic heterocycles. The highest BCUT2D eigenvalue weighted by Crippen LogP contribution is 2.04. The number of nitrogens with two attached hydrogens (primary N) is 1. The minimum absolute atomic E-state index is 0.0488. The van der Waals surface area contributed by atoms with E-state index in [0.29, 0.717) is 12.8 Å². The van der Waals surface area contributed by atoms with Crippen LogP contribution in [0.2, 0.25) is 0 Å². The maximum Gasteiger partial charge on any atom is 0.405 e. The molecule has 0 aliphatic rings. The lowest BCUT2D eigenvalue weighted by molar-refractivity contribution is -0.147. The molecule has 0 aromatic carbocycles. The second-order valence-corrected chi connectivity index (χ2v) is 4.90. The average molecular weight is 263 g/mol. The molecule has 0 aromatic rings. The Morgan fingerprint density at radius 1 is 1.28 bits per heavy atom. The summed E-state index contributed by atoms with van der Waals surface area (Å²) >= 11 is 0. The van der Waals surface area contributed by atoms with Crippen molar-refractivity contribution in [3.05, 3.63) is 0 Å². The van der Waals surface area contributed by atoms with Crippen LogP contribution in [0, 0.1) is 0 Å². The molecule has 0 saturated heterocycles. The third-order valence-corrected chi connectivity index (χ3v) is 1.31. The van der Waals surface area contributed by atoms with Gasteiger partial charge in [0.25, 0.3) is 0 Å². The zero-order valence-corrected chi connectivity index (χ0v) is 11.9. The van der Waals surface area contributed by atoms with E-state index in [1.54, 1.807) is 34.6 Å². The fraction of sp³-hybridized carbons (Fsp3) is 0.833. The number of hydrogen-bond acceptors (Lipinski definition) is 5. The van der Waals surface area contributed by atoms with Crippen LogP contribution in [0.1, 0.15) is 47.5 Å². The maximum atomic E-state index is 10.7. The first-order valence-electron chi connectivity index (χ1n) is 5.87. The topological polar surface area (TPSA) is 98.9 Å². The molecule has 0 aliphatic carbocycles. The number of hydrogen-bond donors (Lipinski definition) is 2. The Morgan fingerprint density at radius 2 is 1.78 bits per heavy atom. The van der Waals surface area contributed by atoms with Gasteiger partial charge in [-0.25, -0.2) is 4.79 Å². The van der Waals surface area contributed by atoms with Crippen LogP contribution in [0.4, 0.5) is 4.79 Å². The fourth-order valence-corrected chi connectivity index (χ4v) is 0.847. The van der Waals surface area contributed by atoms with E-state index in [0.717, 1.165) is 0 Å². The summed E-state index contributed by atoms with van der Waals surface area (Å²) in [5, 5.41) is 8.34. The highest BCUT2D eigenvalue weighted by molar-refractivity contribution is 5.69. The summed E-state index contributed by atoms with van der Waals surface area (Å²) in [5.41, 5.74) is 4.26. The number of aliphatic hydroxyl groups is 1. The van der Waals surface area contributed by atoms with Crippen molar-refractivity contribution in [1.82, 2.24) is 0 Å². The van der Waals surface area contributed by atoms with Crippen molar-refractivity contribution in [1.29, 1.82) is 0 Å². The average Bonchev–Trinajstić information content (AvgIpc) is 2.10. The number of rotatable bonds is 4. The van der Waals surface area contributed by atoms with Crippen LogP contribution in [0.5, 0.6) is 0 Å². The molecule has 0 bridgehead atoms. The van der Waals surface area contributed by atoms with Gasteiger partial charge in [0.05, 0.1) is 6.10 Å². The van der Waals surface area contributed by atoms with Crippen molar-refractivity contribution in [3.8, 4) is 0 Å². The van der Waals surface area contributed by atoms with Gasteiger partial charge in [0.15, 0.2) is 0 Å². The number of esters is 1. The zero-order chi connectivity index (χ0) is 14.8. The molecule has 108 valence electrons. The summed E-state index contributed by atoms with van der Waals surface area (Å²) in [6.07, 6.45) is 0.0314. The summed E-state index contributed by atoms with van der Waals surface area (Å²) in [6, 6.07) is 0. The number of amides is 1. The standard InChI is InChI=1S/C7H14O3.C5H11NO2/c1-6(2)10-7(9)4-3-5-8;1-5(2,3)8-4(6)7/h6,8H,3-5H2,1-2H3;1-3H3,(H2,6,7). The van der Waals surface area contributed by atoms with Gasteiger partial charge in [-0.05, 0) is 41.0 Å². The molecule has 0 radical (unpaired) electrons.